The van der Waals surface area contributed by atoms with Gasteiger partial charge in [-0.2, -0.15) is 5.10 Å². The number of carbonyl (C=O) groups is 3. The second kappa shape index (κ2) is 8.66. The highest BCUT2D eigenvalue weighted by molar-refractivity contribution is 5.97. The van der Waals surface area contributed by atoms with Crippen molar-refractivity contribution in [2.24, 2.45) is 5.10 Å². The van der Waals surface area contributed by atoms with Gasteiger partial charge in [-0.15, -0.1) is 0 Å². The van der Waals surface area contributed by atoms with Crippen LogP contribution in [-0.4, -0.2) is 29.1 Å². The highest BCUT2D eigenvalue weighted by atomic mass is 16.4. The first kappa shape index (κ1) is 19.6. The van der Waals surface area contributed by atoms with E-state index in [1.54, 1.807) is 42.5 Å². The summed E-state index contributed by atoms with van der Waals surface area (Å²) in [6, 6.07) is 16.1. The van der Waals surface area contributed by atoms with E-state index in [0.717, 1.165) is 0 Å². The van der Waals surface area contributed by atoms with Crippen molar-refractivity contribution in [1.82, 2.24) is 5.43 Å². The molecule has 0 bridgehead atoms. The van der Waals surface area contributed by atoms with Crippen LogP contribution in [0.3, 0.4) is 0 Å². The molecule has 29 heavy (non-hydrogen) atoms. The van der Waals surface area contributed by atoms with Gasteiger partial charge < -0.3 is 14.8 Å². The van der Waals surface area contributed by atoms with Crippen molar-refractivity contribution < 1.29 is 23.9 Å². The monoisotopic (exact) mass is 391 g/mol. The fraction of sp³-hybridized carbons (Fsp3) is 0.0476. The van der Waals surface area contributed by atoms with E-state index in [4.69, 9.17) is 9.52 Å². The average Bonchev–Trinajstić information content (AvgIpc) is 3.16. The van der Waals surface area contributed by atoms with Crippen LogP contribution in [0.15, 0.2) is 70.2 Å². The lowest BCUT2D eigenvalue weighted by Crippen LogP contribution is -2.18. The van der Waals surface area contributed by atoms with Gasteiger partial charge >= 0.3 is 5.97 Å². The maximum absolute atomic E-state index is 12.2. The van der Waals surface area contributed by atoms with Crippen molar-refractivity contribution in [3.63, 3.8) is 0 Å². The summed E-state index contributed by atoms with van der Waals surface area (Å²) >= 11 is 0. The number of carboxylic acids is 1. The van der Waals surface area contributed by atoms with Gasteiger partial charge in [-0.1, -0.05) is 18.2 Å². The zero-order valence-corrected chi connectivity index (χ0v) is 15.4. The Morgan fingerprint density at radius 2 is 1.76 bits per heavy atom. The molecular weight excluding hydrogens is 374 g/mol. The first-order valence-electron chi connectivity index (χ1n) is 8.57. The standard InChI is InChI=1S/C21H17N3O5/c1-13(25)23-17-4-2-3-16(11-17)20(26)24-22-12-18-9-10-19(29-18)14-5-7-15(8-6-14)21(27)28/h2-12H,1H3,(H,23,25)(H,24,26)(H,27,28). The predicted octanol–water partition coefficient (Wildman–Crippen LogP) is 3.37. The molecule has 0 aliphatic rings. The van der Waals surface area contributed by atoms with E-state index in [-0.39, 0.29) is 11.5 Å². The number of carbonyl (C=O) groups excluding carboxylic acids is 2. The zero-order valence-electron chi connectivity index (χ0n) is 15.4. The highest BCUT2D eigenvalue weighted by Gasteiger charge is 2.08. The van der Waals surface area contributed by atoms with E-state index in [9.17, 15) is 14.4 Å². The Hall–Kier alpha value is -4.20. The molecule has 3 aromatic rings. The van der Waals surface area contributed by atoms with Crippen LogP contribution in [0.4, 0.5) is 5.69 Å². The Morgan fingerprint density at radius 1 is 1.00 bits per heavy atom. The maximum atomic E-state index is 12.2. The second-order valence-corrected chi connectivity index (χ2v) is 6.05. The molecule has 3 rings (SSSR count). The van der Waals surface area contributed by atoms with Crippen LogP contribution in [0.5, 0.6) is 0 Å². The Balaban J connectivity index is 1.63. The third-order valence-corrected chi connectivity index (χ3v) is 3.85. The lowest BCUT2D eigenvalue weighted by atomic mass is 10.1. The Labute approximate surface area is 165 Å². The van der Waals surface area contributed by atoms with Gasteiger partial charge in [0.15, 0.2) is 0 Å². The number of rotatable bonds is 6. The summed E-state index contributed by atoms with van der Waals surface area (Å²) in [5.74, 6) is -0.717. The van der Waals surface area contributed by atoms with Crippen LogP contribution in [0.2, 0.25) is 0 Å². The summed E-state index contributed by atoms with van der Waals surface area (Å²) < 4.78 is 5.62. The number of nitrogens with one attached hydrogen (secondary N) is 2. The summed E-state index contributed by atoms with van der Waals surface area (Å²) in [6.45, 7) is 1.38. The van der Waals surface area contributed by atoms with Crippen molar-refractivity contribution in [3.8, 4) is 11.3 Å². The molecule has 0 aliphatic heterocycles. The lowest BCUT2D eigenvalue weighted by Gasteiger charge is -2.04. The molecular formula is C21H17N3O5. The number of hydrogen-bond donors (Lipinski definition) is 3. The van der Waals surface area contributed by atoms with Gasteiger partial charge in [0.25, 0.3) is 5.91 Å². The normalized spacial score (nSPS) is 10.7. The number of aromatic carboxylic acids is 1. The molecule has 146 valence electrons. The smallest absolute Gasteiger partial charge is 0.335 e. The third-order valence-electron chi connectivity index (χ3n) is 3.85. The van der Waals surface area contributed by atoms with E-state index < -0.39 is 11.9 Å². The molecule has 0 unspecified atom stereocenters. The van der Waals surface area contributed by atoms with Gasteiger partial charge in [0.2, 0.25) is 5.91 Å². The van der Waals surface area contributed by atoms with E-state index in [1.165, 1.54) is 31.3 Å². The van der Waals surface area contributed by atoms with Gasteiger partial charge in [0.1, 0.15) is 11.5 Å². The summed E-state index contributed by atoms with van der Waals surface area (Å²) in [5, 5.41) is 15.4. The largest absolute Gasteiger partial charge is 0.478 e. The van der Waals surface area contributed by atoms with Gasteiger partial charge in [-0.25, -0.2) is 10.2 Å². The molecule has 2 amide bonds. The molecule has 0 atom stereocenters. The molecule has 2 aromatic carbocycles. The number of hydrogen-bond acceptors (Lipinski definition) is 5. The van der Waals surface area contributed by atoms with Crippen molar-refractivity contribution in [2.75, 3.05) is 5.32 Å². The minimum absolute atomic E-state index is 0.187. The Kier molecular flexibility index (Phi) is 5.84. The Morgan fingerprint density at radius 3 is 2.45 bits per heavy atom. The fourth-order valence-electron chi connectivity index (χ4n) is 2.51. The first-order chi connectivity index (χ1) is 13.9. The topological polar surface area (TPSA) is 121 Å². The van der Waals surface area contributed by atoms with Gasteiger partial charge in [-0.05, 0) is 42.5 Å². The molecule has 8 nitrogen and oxygen atoms in total. The number of carboxylic acid groups (broad SMARTS) is 1. The number of furan rings is 1. The van der Waals surface area contributed by atoms with E-state index >= 15 is 0 Å². The van der Waals surface area contributed by atoms with Crippen molar-refractivity contribution in [1.29, 1.82) is 0 Å². The lowest BCUT2D eigenvalue weighted by molar-refractivity contribution is -0.114. The third kappa shape index (κ3) is 5.16. The number of nitrogens with zero attached hydrogens (tertiary/aromatic N) is 1. The average molecular weight is 391 g/mol. The quantitative estimate of drug-likeness (QED) is 0.439. The first-order valence-corrected chi connectivity index (χ1v) is 8.57. The van der Waals surface area contributed by atoms with E-state index in [2.05, 4.69) is 15.8 Å². The maximum Gasteiger partial charge on any atom is 0.335 e. The molecule has 3 N–H and O–H groups in total. The zero-order chi connectivity index (χ0) is 20.8. The fourth-order valence-corrected chi connectivity index (χ4v) is 2.51. The van der Waals surface area contributed by atoms with Gasteiger partial charge in [0.05, 0.1) is 11.8 Å². The second-order valence-electron chi connectivity index (χ2n) is 6.05. The molecule has 1 aromatic heterocycles. The minimum atomic E-state index is -0.998. The molecule has 0 fully saturated rings. The summed E-state index contributed by atoms with van der Waals surface area (Å²) in [5.41, 5.74) is 4.15. The van der Waals surface area contributed by atoms with Crippen LogP contribution in [-0.2, 0) is 4.79 Å². The summed E-state index contributed by atoms with van der Waals surface area (Å²) in [4.78, 5) is 34.2. The highest BCUT2D eigenvalue weighted by Crippen LogP contribution is 2.22. The number of anilines is 1. The molecule has 0 saturated heterocycles. The molecule has 0 aliphatic carbocycles. The summed E-state index contributed by atoms with van der Waals surface area (Å²) in [7, 11) is 0. The van der Waals surface area contributed by atoms with Crippen LogP contribution < -0.4 is 10.7 Å². The van der Waals surface area contributed by atoms with Crippen LogP contribution in [0.25, 0.3) is 11.3 Å². The van der Waals surface area contributed by atoms with Crippen molar-refractivity contribution in [2.45, 2.75) is 6.92 Å². The number of benzene rings is 2. The van der Waals surface area contributed by atoms with Crippen molar-refractivity contribution >= 4 is 29.7 Å². The minimum Gasteiger partial charge on any atom is -0.478 e. The number of amides is 2. The van der Waals surface area contributed by atoms with Crippen LogP contribution in [0, 0.1) is 0 Å². The van der Waals surface area contributed by atoms with Crippen LogP contribution >= 0.6 is 0 Å². The molecule has 1 heterocycles. The molecule has 0 saturated carbocycles. The van der Waals surface area contributed by atoms with Gasteiger partial charge in [0, 0.05) is 23.7 Å². The van der Waals surface area contributed by atoms with E-state index in [1.807, 2.05) is 0 Å². The van der Waals surface area contributed by atoms with Crippen LogP contribution in [0.1, 0.15) is 33.4 Å². The number of hydrazone groups is 1. The SMILES string of the molecule is CC(=O)Nc1cccc(C(=O)NN=Cc2ccc(-c3ccc(C(=O)O)cc3)o2)c1. The van der Waals surface area contributed by atoms with E-state index in [0.29, 0.717) is 28.3 Å². The molecule has 8 heteroatoms. The van der Waals surface area contributed by atoms with Crippen molar-refractivity contribution in [3.05, 3.63) is 77.6 Å². The summed E-state index contributed by atoms with van der Waals surface area (Å²) in [6.07, 6.45) is 1.35. The predicted molar refractivity (Wildman–Crippen MR) is 107 cm³/mol. The molecule has 0 spiro atoms. The molecule has 0 radical (unpaired) electrons. The Bertz CT molecular complexity index is 1080. The van der Waals surface area contributed by atoms with Gasteiger partial charge in [-0.3, -0.25) is 9.59 Å².